The lowest BCUT2D eigenvalue weighted by Gasteiger charge is -2.20. The lowest BCUT2D eigenvalue weighted by Crippen LogP contribution is -2.31. The minimum atomic E-state index is -0.127. The number of aromatic nitrogens is 2. The summed E-state index contributed by atoms with van der Waals surface area (Å²) < 4.78 is 1.60. The van der Waals surface area contributed by atoms with Crippen molar-refractivity contribution >= 4 is 16.8 Å². The first-order valence-electron chi connectivity index (χ1n) is 8.60. The number of carbonyl (C=O) groups excluding carboxylic acids is 1. The molecule has 1 aliphatic heterocycles. The highest BCUT2D eigenvalue weighted by atomic mass is 16.2. The van der Waals surface area contributed by atoms with Gasteiger partial charge in [0.1, 0.15) is 5.82 Å². The highest BCUT2D eigenvalue weighted by Gasteiger charge is 2.27. The second-order valence-electron chi connectivity index (χ2n) is 6.28. The molecule has 1 amide bonds. The Hall–Kier alpha value is -2.95. The topological polar surface area (TPSA) is 55.2 Å². The fraction of sp³-hybridized carbons (Fsp3) is 0.250. The fourth-order valence-electron chi connectivity index (χ4n) is 3.33. The molecule has 2 aromatic carbocycles. The maximum atomic E-state index is 13.1. The Bertz CT molecular complexity index is 1020. The van der Waals surface area contributed by atoms with E-state index in [0.29, 0.717) is 41.1 Å². The van der Waals surface area contributed by atoms with Gasteiger partial charge in [0.05, 0.1) is 28.7 Å². The van der Waals surface area contributed by atoms with Gasteiger partial charge in [0.25, 0.3) is 11.5 Å². The Kier molecular flexibility index (Phi) is 3.84. The van der Waals surface area contributed by atoms with Crippen molar-refractivity contribution in [1.82, 2.24) is 14.5 Å². The average molecular weight is 333 g/mol. The molecule has 2 heterocycles. The Morgan fingerprint density at radius 2 is 1.80 bits per heavy atom. The van der Waals surface area contributed by atoms with Crippen molar-refractivity contribution in [1.29, 1.82) is 0 Å². The van der Waals surface area contributed by atoms with Gasteiger partial charge in [-0.2, -0.15) is 0 Å². The van der Waals surface area contributed by atoms with Crippen LogP contribution in [0.1, 0.15) is 35.9 Å². The molecule has 5 nitrogen and oxygen atoms in total. The molecule has 0 fully saturated rings. The third-order valence-electron chi connectivity index (χ3n) is 4.62. The molecule has 3 aromatic rings. The molecule has 4 rings (SSSR count). The van der Waals surface area contributed by atoms with E-state index in [9.17, 15) is 9.59 Å². The second-order valence-corrected chi connectivity index (χ2v) is 6.28. The van der Waals surface area contributed by atoms with Crippen LogP contribution in [0.5, 0.6) is 0 Å². The molecule has 0 spiro atoms. The van der Waals surface area contributed by atoms with Crippen LogP contribution in [0, 0.1) is 0 Å². The van der Waals surface area contributed by atoms with Crippen LogP contribution in [0.2, 0.25) is 0 Å². The molecule has 0 saturated heterocycles. The van der Waals surface area contributed by atoms with Crippen LogP contribution in [-0.4, -0.2) is 26.9 Å². The molecule has 0 radical (unpaired) electrons. The molecule has 0 atom stereocenters. The van der Waals surface area contributed by atoms with E-state index >= 15 is 0 Å². The van der Waals surface area contributed by atoms with Crippen molar-refractivity contribution in [3.8, 4) is 5.69 Å². The molecular weight excluding hydrogens is 314 g/mol. The van der Waals surface area contributed by atoms with Gasteiger partial charge in [-0.05, 0) is 30.7 Å². The molecule has 126 valence electrons. The number of fused-ring (bicyclic) bond motifs is 4. The van der Waals surface area contributed by atoms with E-state index in [1.54, 1.807) is 21.6 Å². The maximum Gasteiger partial charge on any atom is 0.266 e. The van der Waals surface area contributed by atoms with Crippen molar-refractivity contribution in [3.63, 3.8) is 0 Å². The third kappa shape index (κ3) is 2.52. The molecule has 0 bridgehead atoms. The van der Waals surface area contributed by atoms with Crippen molar-refractivity contribution in [3.05, 3.63) is 70.3 Å². The number of hydrogen-bond donors (Lipinski definition) is 0. The first kappa shape index (κ1) is 15.6. The van der Waals surface area contributed by atoms with Gasteiger partial charge in [-0.15, -0.1) is 0 Å². The average Bonchev–Trinajstić information content (AvgIpc) is 2.76. The zero-order valence-electron chi connectivity index (χ0n) is 14.1. The predicted molar refractivity (Wildman–Crippen MR) is 97.0 cm³/mol. The lowest BCUT2D eigenvalue weighted by molar-refractivity contribution is 0.0741. The number of para-hydroxylation sites is 2. The summed E-state index contributed by atoms with van der Waals surface area (Å²) in [5.74, 6) is 0.566. The normalized spacial score (nSPS) is 13.5. The summed E-state index contributed by atoms with van der Waals surface area (Å²) in [6, 6.07) is 14.6. The van der Waals surface area contributed by atoms with Crippen LogP contribution in [0.4, 0.5) is 0 Å². The number of unbranched alkanes of at least 4 members (excludes halogenated alkanes) is 1. The molecule has 0 aliphatic carbocycles. The Balaban J connectivity index is 2.01. The standard InChI is InChI=1S/C20H19N3O2/c1-2-3-12-22-13-18-21-16-10-6-4-8-14(16)20(25)23(18)17-11-7-5-9-15(17)19(22)24/h4-11H,2-3,12-13H2,1H3. The number of nitrogens with zero attached hydrogens (tertiary/aromatic N) is 3. The number of amides is 1. The van der Waals surface area contributed by atoms with Gasteiger partial charge in [-0.3, -0.25) is 14.2 Å². The van der Waals surface area contributed by atoms with Gasteiger partial charge in [0.2, 0.25) is 0 Å². The van der Waals surface area contributed by atoms with Crippen molar-refractivity contribution < 1.29 is 4.79 Å². The molecular formula is C20H19N3O2. The zero-order chi connectivity index (χ0) is 17.4. The van der Waals surface area contributed by atoms with Gasteiger partial charge >= 0.3 is 0 Å². The van der Waals surface area contributed by atoms with E-state index in [4.69, 9.17) is 4.98 Å². The maximum absolute atomic E-state index is 13.1. The van der Waals surface area contributed by atoms with Gasteiger partial charge in [0.15, 0.2) is 0 Å². The van der Waals surface area contributed by atoms with Crippen LogP contribution in [-0.2, 0) is 6.54 Å². The summed E-state index contributed by atoms with van der Waals surface area (Å²) in [5, 5.41) is 0.565. The summed E-state index contributed by atoms with van der Waals surface area (Å²) in [6.45, 7) is 3.10. The molecule has 0 saturated carbocycles. The van der Waals surface area contributed by atoms with E-state index in [1.807, 2.05) is 36.4 Å². The van der Waals surface area contributed by atoms with E-state index in [-0.39, 0.29) is 11.5 Å². The molecule has 5 heteroatoms. The van der Waals surface area contributed by atoms with Crippen molar-refractivity contribution in [2.24, 2.45) is 0 Å². The van der Waals surface area contributed by atoms with Gasteiger partial charge in [0, 0.05) is 6.54 Å². The first-order valence-corrected chi connectivity index (χ1v) is 8.60. The Morgan fingerprint density at radius 1 is 1.04 bits per heavy atom. The van der Waals surface area contributed by atoms with Crippen LogP contribution in [0.15, 0.2) is 53.3 Å². The van der Waals surface area contributed by atoms with Gasteiger partial charge < -0.3 is 4.90 Å². The van der Waals surface area contributed by atoms with Crippen molar-refractivity contribution in [2.45, 2.75) is 26.3 Å². The quantitative estimate of drug-likeness (QED) is 0.740. The van der Waals surface area contributed by atoms with Crippen LogP contribution >= 0.6 is 0 Å². The SMILES string of the molecule is CCCCN1Cc2nc3ccccc3c(=O)n2-c2ccccc2C1=O. The van der Waals surface area contributed by atoms with Gasteiger partial charge in [-0.25, -0.2) is 4.98 Å². The second kappa shape index (κ2) is 6.16. The number of carbonyl (C=O) groups is 1. The van der Waals surface area contributed by atoms with E-state index in [1.165, 1.54) is 0 Å². The number of rotatable bonds is 3. The Labute approximate surface area is 145 Å². The highest BCUT2D eigenvalue weighted by Crippen LogP contribution is 2.23. The van der Waals surface area contributed by atoms with E-state index in [0.717, 1.165) is 12.8 Å². The van der Waals surface area contributed by atoms with Crippen LogP contribution in [0.3, 0.4) is 0 Å². The molecule has 0 N–H and O–H groups in total. The predicted octanol–water partition coefficient (Wildman–Crippen LogP) is 3.14. The summed E-state index contributed by atoms with van der Waals surface area (Å²) in [7, 11) is 0. The monoisotopic (exact) mass is 333 g/mol. The number of hydrogen-bond acceptors (Lipinski definition) is 3. The summed E-state index contributed by atoms with van der Waals surface area (Å²) >= 11 is 0. The Morgan fingerprint density at radius 3 is 2.64 bits per heavy atom. The van der Waals surface area contributed by atoms with Crippen LogP contribution < -0.4 is 5.56 Å². The summed E-state index contributed by atoms with van der Waals surface area (Å²) in [5.41, 5.74) is 1.71. The summed E-state index contributed by atoms with van der Waals surface area (Å²) in [4.78, 5) is 32.6. The smallest absolute Gasteiger partial charge is 0.266 e. The molecule has 1 aliphatic rings. The first-order chi connectivity index (χ1) is 12.2. The summed E-state index contributed by atoms with van der Waals surface area (Å²) in [6.07, 6.45) is 1.93. The van der Waals surface area contributed by atoms with E-state index in [2.05, 4.69) is 6.92 Å². The lowest BCUT2D eigenvalue weighted by atomic mass is 10.1. The largest absolute Gasteiger partial charge is 0.331 e. The minimum Gasteiger partial charge on any atom is -0.331 e. The minimum absolute atomic E-state index is 0.0435. The highest BCUT2D eigenvalue weighted by molar-refractivity contribution is 5.98. The van der Waals surface area contributed by atoms with Gasteiger partial charge in [-0.1, -0.05) is 37.6 Å². The molecule has 1 aromatic heterocycles. The zero-order valence-corrected chi connectivity index (χ0v) is 14.1. The van der Waals surface area contributed by atoms with Crippen LogP contribution in [0.25, 0.3) is 16.6 Å². The fourth-order valence-corrected chi connectivity index (χ4v) is 3.33. The molecule has 25 heavy (non-hydrogen) atoms. The number of benzene rings is 2. The van der Waals surface area contributed by atoms with E-state index < -0.39 is 0 Å². The molecule has 0 unspecified atom stereocenters. The van der Waals surface area contributed by atoms with Crippen molar-refractivity contribution in [2.75, 3.05) is 6.54 Å². The third-order valence-corrected chi connectivity index (χ3v) is 4.62.